The Hall–Kier alpha value is -2.14. The summed E-state index contributed by atoms with van der Waals surface area (Å²) in [5, 5.41) is 9.63. The van der Waals surface area contributed by atoms with E-state index in [1.54, 1.807) is 6.20 Å². The summed E-state index contributed by atoms with van der Waals surface area (Å²) in [5.41, 5.74) is 8.56. The Labute approximate surface area is 118 Å². The Bertz CT molecular complexity index is 546. The Balaban J connectivity index is 1.99. The highest BCUT2D eigenvalue weighted by Crippen LogP contribution is 2.19. The van der Waals surface area contributed by atoms with Gasteiger partial charge in [-0.15, -0.1) is 0 Å². The maximum atomic E-state index is 11.9. The van der Waals surface area contributed by atoms with E-state index in [-0.39, 0.29) is 5.91 Å². The summed E-state index contributed by atoms with van der Waals surface area (Å²) >= 11 is 0. The molecule has 2 aromatic rings. The van der Waals surface area contributed by atoms with E-state index in [1.807, 2.05) is 44.2 Å². The molecule has 4 N–H and O–H groups in total. The largest absolute Gasteiger partial charge is 0.325 e. The first-order valence-electron chi connectivity index (χ1n) is 6.72. The number of hydrogen-bond acceptors (Lipinski definition) is 3. The minimum atomic E-state index is -0.470. The summed E-state index contributed by atoms with van der Waals surface area (Å²) in [7, 11) is 0. The van der Waals surface area contributed by atoms with Gasteiger partial charge in [0.25, 0.3) is 0 Å². The summed E-state index contributed by atoms with van der Waals surface area (Å²) in [6.07, 6.45) is 2.38. The summed E-state index contributed by atoms with van der Waals surface area (Å²) in [5.74, 6) is 0.256. The van der Waals surface area contributed by atoms with Gasteiger partial charge in [-0.2, -0.15) is 5.10 Å². The average Bonchev–Trinajstić information content (AvgIpc) is 2.92. The number of hydrogen-bond donors (Lipinski definition) is 3. The molecule has 1 aromatic heterocycles. The summed E-state index contributed by atoms with van der Waals surface area (Å²) in [6, 6.07) is 8.99. The van der Waals surface area contributed by atoms with Gasteiger partial charge in [0.05, 0.1) is 11.7 Å². The van der Waals surface area contributed by atoms with Gasteiger partial charge in [-0.25, -0.2) is 0 Å². The first-order chi connectivity index (χ1) is 9.56. The third-order valence-electron chi connectivity index (χ3n) is 3.03. The van der Waals surface area contributed by atoms with Crippen molar-refractivity contribution in [2.75, 3.05) is 5.32 Å². The molecule has 0 saturated carbocycles. The van der Waals surface area contributed by atoms with E-state index in [4.69, 9.17) is 5.73 Å². The molecule has 0 aliphatic carbocycles. The number of anilines is 1. The van der Waals surface area contributed by atoms with Crippen molar-refractivity contribution >= 4 is 11.6 Å². The van der Waals surface area contributed by atoms with Crippen LogP contribution >= 0.6 is 0 Å². The number of nitrogens with zero attached hydrogens (tertiary/aromatic N) is 1. The zero-order chi connectivity index (χ0) is 14.5. The third-order valence-corrected chi connectivity index (χ3v) is 3.03. The van der Waals surface area contributed by atoms with Crippen molar-refractivity contribution in [3.05, 3.63) is 36.5 Å². The Kier molecular flexibility index (Phi) is 4.53. The van der Waals surface area contributed by atoms with Crippen molar-refractivity contribution in [1.82, 2.24) is 10.2 Å². The highest BCUT2D eigenvalue weighted by atomic mass is 16.2. The van der Waals surface area contributed by atoms with Gasteiger partial charge in [-0.3, -0.25) is 9.89 Å². The monoisotopic (exact) mass is 272 g/mol. The lowest BCUT2D eigenvalue weighted by Crippen LogP contribution is -2.36. The molecule has 5 heteroatoms. The normalized spacial score (nSPS) is 12.4. The molecule has 0 aliphatic rings. The molecule has 20 heavy (non-hydrogen) atoms. The fourth-order valence-corrected chi connectivity index (χ4v) is 2.00. The Morgan fingerprint density at radius 1 is 1.30 bits per heavy atom. The Morgan fingerprint density at radius 3 is 2.55 bits per heavy atom. The molecule has 1 heterocycles. The molecular weight excluding hydrogens is 252 g/mol. The second-order valence-electron chi connectivity index (χ2n) is 5.27. The number of amides is 1. The molecule has 0 unspecified atom stereocenters. The number of H-pyrrole nitrogens is 1. The molecule has 0 spiro atoms. The Morgan fingerprint density at radius 2 is 2.00 bits per heavy atom. The minimum Gasteiger partial charge on any atom is -0.325 e. The predicted molar refractivity (Wildman–Crippen MR) is 80.1 cm³/mol. The summed E-state index contributed by atoms with van der Waals surface area (Å²) in [4.78, 5) is 11.9. The number of rotatable bonds is 5. The molecule has 0 bridgehead atoms. The van der Waals surface area contributed by atoms with Gasteiger partial charge in [0.1, 0.15) is 0 Å². The zero-order valence-electron chi connectivity index (χ0n) is 11.8. The number of aromatic nitrogens is 2. The number of nitrogens with two attached hydrogens (primary N) is 1. The van der Waals surface area contributed by atoms with Gasteiger partial charge in [0.2, 0.25) is 5.91 Å². The molecule has 1 atom stereocenters. The first kappa shape index (κ1) is 14.3. The maximum Gasteiger partial charge on any atom is 0.241 e. The van der Waals surface area contributed by atoms with Crippen LogP contribution in [0.2, 0.25) is 0 Å². The quantitative estimate of drug-likeness (QED) is 0.781. The lowest BCUT2D eigenvalue weighted by Gasteiger charge is -2.14. The molecule has 0 fully saturated rings. The van der Waals surface area contributed by atoms with Gasteiger partial charge < -0.3 is 11.1 Å². The molecule has 106 valence electrons. The van der Waals surface area contributed by atoms with Crippen molar-refractivity contribution in [2.24, 2.45) is 11.7 Å². The van der Waals surface area contributed by atoms with E-state index < -0.39 is 6.04 Å². The van der Waals surface area contributed by atoms with E-state index >= 15 is 0 Å². The van der Waals surface area contributed by atoms with Gasteiger partial charge in [0, 0.05) is 11.9 Å². The van der Waals surface area contributed by atoms with Crippen molar-refractivity contribution in [1.29, 1.82) is 0 Å². The van der Waals surface area contributed by atoms with Crippen molar-refractivity contribution in [3.8, 4) is 11.3 Å². The van der Waals surface area contributed by atoms with Crippen LogP contribution in [0, 0.1) is 5.92 Å². The second kappa shape index (κ2) is 6.34. The van der Waals surface area contributed by atoms with Crippen molar-refractivity contribution in [2.45, 2.75) is 26.3 Å². The lowest BCUT2D eigenvalue weighted by atomic mass is 10.0. The second-order valence-corrected chi connectivity index (χ2v) is 5.27. The number of aromatic amines is 1. The van der Waals surface area contributed by atoms with Crippen LogP contribution in [0.3, 0.4) is 0 Å². The van der Waals surface area contributed by atoms with E-state index in [9.17, 15) is 4.79 Å². The average molecular weight is 272 g/mol. The third kappa shape index (κ3) is 3.68. The molecule has 2 rings (SSSR count). The lowest BCUT2D eigenvalue weighted by molar-refractivity contribution is -0.117. The highest BCUT2D eigenvalue weighted by Gasteiger charge is 2.14. The van der Waals surface area contributed by atoms with E-state index in [0.717, 1.165) is 16.9 Å². The van der Waals surface area contributed by atoms with E-state index in [1.165, 1.54) is 0 Å². The summed E-state index contributed by atoms with van der Waals surface area (Å²) < 4.78 is 0. The van der Waals surface area contributed by atoms with Crippen LogP contribution in [-0.2, 0) is 4.79 Å². The minimum absolute atomic E-state index is 0.145. The van der Waals surface area contributed by atoms with Crippen molar-refractivity contribution in [3.63, 3.8) is 0 Å². The van der Waals surface area contributed by atoms with Crippen LogP contribution < -0.4 is 11.1 Å². The van der Waals surface area contributed by atoms with Gasteiger partial charge in [0.15, 0.2) is 0 Å². The van der Waals surface area contributed by atoms with Gasteiger partial charge in [-0.05, 0) is 36.1 Å². The van der Waals surface area contributed by atoms with Crippen LogP contribution in [0.1, 0.15) is 20.3 Å². The smallest absolute Gasteiger partial charge is 0.241 e. The number of carbonyl (C=O) groups is 1. The van der Waals surface area contributed by atoms with Crippen LogP contribution in [-0.4, -0.2) is 22.1 Å². The molecule has 1 amide bonds. The van der Waals surface area contributed by atoms with Crippen LogP contribution in [0.4, 0.5) is 5.69 Å². The zero-order valence-corrected chi connectivity index (χ0v) is 11.8. The van der Waals surface area contributed by atoms with Crippen LogP contribution in [0.15, 0.2) is 36.5 Å². The fraction of sp³-hybridized carbons (Fsp3) is 0.333. The summed E-state index contributed by atoms with van der Waals surface area (Å²) in [6.45, 7) is 4.10. The predicted octanol–water partition coefficient (Wildman–Crippen LogP) is 2.39. The molecule has 0 aliphatic heterocycles. The first-order valence-corrected chi connectivity index (χ1v) is 6.72. The molecule has 5 nitrogen and oxygen atoms in total. The van der Waals surface area contributed by atoms with Gasteiger partial charge in [-0.1, -0.05) is 26.0 Å². The van der Waals surface area contributed by atoms with E-state index in [0.29, 0.717) is 12.3 Å². The molecule has 1 aromatic carbocycles. The standard InChI is InChI=1S/C15H20N4O/c1-10(2)9-13(16)15(20)18-12-5-3-11(4-6-12)14-7-8-17-19-14/h3-8,10,13H,9,16H2,1-2H3,(H,17,19)(H,18,20)/t13-/m0/s1. The van der Waals surface area contributed by atoms with Crippen LogP contribution in [0.5, 0.6) is 0 Å². The van der Waals surface area contributed by atoms with E-state index in [2.05, 4.69) is 15.5 Å². The number of nitrogens with one attached hydrogen (secondary N) is 2. The SMILES string of the molecule is CC(C)C[C@H](N)C(=O)Nc1ccc(-c2ccn[nH]2)cc1. The molecule has 0 saturated heterocycles. The van der Waals surface area contributed by atoms with Crippen molar-refractivity contribution < 1.29 is 4.79 Å². The molecular formula is C15H20N4O. The van der Waals surface area contributed by atoms with Crippen LogP contribution in [0.25, 0.3) is 11.3 Å². The topological polar surface area (TPSA) is 83.8 Å². The number of carbonyl (C=O) groups excluding carboxylic acids is 1. The fourth-order valence-electron chi connectivity index (χ4n) is 2.00. The van der Waals surface area contributed by atoms with Gasteiger partial charge >= 0.3 is 0 Å². The number of benzene rings is 1. The maximum absolute atomic E-state index is 11.9. The highest BCUT2D eigenvalue weighted by molar-refractivity contribution is 5.94. The molecule has 0 radical (unpaired) electrons.